The molecule has 3 heteroatoms. The Balaban J connectivity index is 1.80. The molecule has 0 fully saturated rings. The highest BCUT2D eigenvalue weighted by molar-refractivity contribution is 5.85. The van der Waals surface area contributed by atoms with E-state index in [0.717, 1.165) is 17.8 Å². The van der Waals surface area contributed by atoms with Crippen molar-refractivity contribution in [3.05, 3.63) is 65.7 Å². The maximum absolute atomic E-state index is 7.31. The highest BCUT2D eigenvalue weighted by Crippen LogP contribution is 2.11. The van der Waals surface area contributed by atoms with Crippen LogP contribution in [0.15, 0.2) is 54.6 Å². The first kappa shape index (κ1) is 12.3. The fourth-order valence-corrected chi connectivity index (χ4v) is 1.74. The van der Waals surface area contributed by atoms with Gasteiger partial charge in [0.2, 0.25) is 0 Å². The SMILES string of the molecule is N=Cc1ccccc1NCNCc1ccccc1. The number of hydrogen-bond donors (Lipinski definition) is 3. The Hall–Kier alpha value is -2.13. The van der Waals surface area contributed by atoms with Crippen LogP contribution in [0.5, 0.6) is 0 Å². The normalized spacial score (nSPS) is 10.0. The molecular weight excluding hydrogens is 222 g/mol. The summed E-state index contributed by atoms with van der Waals surface area (Å²) in [5.74, 6) is 0. The van der Waals surface area contributed by atoms with Crippen molar-refractivity contribution in [3.63, 3.8) is 0 Å². The first-order valence-corrected chi connectivity index (χ1v) is 5.98. The molecule has 0 bridgehead atoms. The van der Waals surface area contributed by atoms with E-state index in [-0.39, 0.29) is 0 Å². The van der Waals surface area contributed by atoms with E-state index in [0.29, 0.717) is 6.67 Å². The topological polar surface area (TPSA) is 47.9 Å². The molecule has 3 nitrogen and oxygen atoms in total. The van der Waals surface area contributed by atoms with Gasteiger partial charge in [-0.3, -0.25) is 5.32 Å². The van der Waals surface area contributed by atoms with Crippen LogP contribution in [0, 0.1) is 5.41 Å². The smallest absolute Gasteiger partial charge is 0.0655 e. The van der Waals surface area contributed by atoms with Crippen LogP contribution in [-0.4, -0.2) is 12.9 Å². The van der Waals surface area contributed by atoms with E-state index in [9.17, 15) is 0 Å². The predicted octanol–water partition coefficient (Wildman–Crippen LogP) is 2.84. The average Bonchev–Trinajstić information content (AvgIpc) is 2.45. The first-order valence-electron chi connectivity index (χ1n) is 5.98. The molecule has 3 N–H and O–H groups in total. The summed E-state index contributed by atoms with van der Waals surface area (Å²) in [6.45, 7) is 1.51. The minimum atomic E-state index is 0.680. The van der Waals surface area contributed by atoms with Crippen LogP contribution in [0.25, 0.3) is 0 Å². The summed E-state index contributed by atoms with van der Waals surface area (Å²) in [4.78, 5) is 0. The molecule has 0 radical (unpaired) electrons. The van der Waals surface area contributed by atoms with Gasteiger partial charge in [-0.15, -0.1) is 0 Å². The second-order valence-corrected chi connectivity index (χ2v) is 4.00. The fourth-order valence-electron chi connectivity index (χ4n) is 1.74. The Morgan fingerprint density at radius 1 is 0.944 bits per heavy atom. The zero-order valence-electron chi connectivity index (χ0n) is 10.2. The van der Waals surface area contributed by atoms with E-state index in [2.05, 4.69) is 22.8 Å². The van der Waals surface area contributed by atoms with Gasteiger partial charge >= 0.3 is 0 Å². The van der Waals surface area contributed by atoms with Crippen molar-refractivity contribution < 1.29 is 0 Å². The van der Waals surface area contributed by atoms with Gasteiger partial charge in [0.05, 0.1) is 6.67 Å². The first-order chi connectivity index (χ1) is 8.90. The van der Waals surface area contributed by atoms with Gasteiger partial charge in [-0.05, 0) is 11.6 Å². The van der Waals surface area contributed by atoms with E-state index < -0.39 is 0 Å². The summed E-state index contributed by atoms with van der Waals surface area (Å²) < 4.78 is 0. The van der Waals surface area contributed by atoms with Gasteiger partial charge in [-0.2, -0.15) is 0 Å². The lowest BCUT2D eigenvalue weighted by Crippen LogP contribution is -2.21. The van der Waals surface area contributed by atoms with Crippen LogP contribution in [0.1, 0.15) is 11.1 Å². The zero-order valence-corrected chi connectivity index (χ0v) is 10.2. The number of para-hydroxylation sites is 1. The summed E-state index contributed by atoms with van der Waals surface area (Å²) >= 11 is 0. The molecule has 18 heavy (non-hydrogen) atoms. The lowest BCUT2D eigenvalue weighted by molar-refractivity contribution is 0.734. The standard InChI is InChI=1S/C15H17N3/c16-10-14-8-4-5-9-15(14)18-12-17-11-13-6-2-1-3-7-13/h1-10,16-18H,11-12H2. The molecule has 0 amide bonds. The van der Waals surface area contributed by atoms with E-state index in [1.165, 1.54) is 11.8 Å². The minimum absolute atomic E-state index is 0.680. The van der Waals surface area contributed by atoms with Gasteiger partial charge in [0.25, 0.3) is 0 Å². The summed E-state index contributed by atoms with van der Waals surface area (Å²) in [5.41, 5.74) is 3.15. The second kappa shape index (κ2) is 6.57. The van der Waals surface area contributed by atoms with E-state index in [1.54, 1.807) is 0 Å². The van der Waals surface area contributed by atoms with E-state index >= 15 is 0 Å². The molecule has 0 aliphatic rings. The van der Waals surface area contributed by atoms with Crippen LogP contribution in [0.3, 0.4) is 0 Å². The molecule has 0 heterocycles. The molecule has 0 saturated heterocycles. The lowest BCUT2D eigenvalue weighted by Gasteiger charge is -2.10. The van der Waals surface area contributed by atoms with Gasteiger partial charge in [-0.25, -0.2) is 0 Å². The molecule has 92 valence electrons. The van der Waals surface area contributed by atoms with Gasteiger partial charge in [-0.1, -0.05) is 48.5 Å². The van der Waals surface area contributed by atoms with Gasteiger partial charge < -0.3 is 10.7 Å². The molecule has 2 aromatic carbocycles. The molecule has 0 aromatic heterocycles. The minimum Gasteiger partial charge on any atom is -0.372 e. The average molecular weight is 239 g/mol. The second-order valence-electron chi connectivity index (χ2n) is 4.00. The van der Waals surface area contributed by atoms with Crippen molar-refractivity contribution in [2.75, 3.05) is 12.0 Å². The zero-order chi connectivity index (χ0) is 12.6. The molecular formula is C15H17N3. The fraction of sp³-hybridized carbons (Fsp3) is 0.133. The maximum Gasteiger partial charge on any atom is 0.0655 e. The van der Waals surface area contributed by atoms with Crippen LogP contribution in [0.4, 0.5) is 5.69 Å². The highest BCUT2D eigenvalue weighted by Gasteiger charge is 1.97. The van der Waals surface area contributed by atoms with Gasteiger partial charge in [0.1, 0.15) is 0 Å². The highest BCUT2D eigenvalue weighted by atomic mass is 15.1. The molecule has 0 aliphatic carbocycles. The summed E-state index contributed by atoms with van der Waals surface area (Å²) in [7, 11) is 0. The Morgan fingerprint density at radius 3 is 2.44 bits per heavy atom. The Kier molecular flexibility index (Phi) is 4.50. The molecule has 2 aromatic rings. The largest absolute Gasteiger partial charge is 0.372 e. The number of nitrogens with one attached hydrogen (secondary N) is 3. The van der Waals surface area contributed by atoms with E-state index in [4.69, 9.17) is 5.41 Å². The van der Waals surface area contributed by atoms with Crippen molar-refractivity contribution >= 4 is 11.9 Å². The third-order valence-corrected chi connectivity index (χ3v) is 2.69. The van der Waals surface area contributed by atoms with Gasteiger partial charge in [0.15, 0.2) is 0 Å². The third-order valence-electron chi connectivity index (χ3n) is 2.69. The molecule has 0 saturated carbocycles. The van der Waals surface area contributed by atoms with Crippen molar-refractivity contribution in [2.45, 2.75) is 6.54 Å². The molecule has 0 aliphatic heterocycles. The lowest BCUT2D eigenvalue weighted by atomic mass is 10.2. The summed E-state index contributed by atoms with van der Waals surface area (Å²) in [6, 6.07) is 18.1. The van der Waals surface area contributed by atoms with Crippen molar-refractivity contribution in [3.8, 4) is 0 Å². The summed E-state index contributed by atoms with van der Waals surface area (Å²) in [5, 5.41) is 13.9. The van der Waals surface area contributed by atoms with Gasteiger partial charge in [0, 0.05) is 24.0 Å². The van der Waals surface area contributed by atoms with Crippen molar-refractivity contribution in [2.24, 2.45) is 0 Å². The third kappa shape index (κ3) is 3.43. The number of anilines is 1. The number of hydrogen-bond acceptors (Lipinski definition) is 3. The molecule has 0 unspecified atom stereocenters. The van der Waals surface area contributed by atoms with Crippen LogP contribution in [-0.2, 0) is 6.54 Å². The van der Waals surface area contributed by atoms with Crippen molar-refractivity contribution in [1.82, 2.24) is 5.32 Å². The molecule has 0 atom stereocenters. The number of benzene rings is 2. The van der Waals surface area contributed by atoms with Crippen LogP contribution < -0.4 is 10.6 Å². The maximum atomic E-state index is 7.31. The monoisotopic (exact) mass is 239 g/mol. The summed E-state index contributed by atoms with van der Waals surface area (Å²) in [6.07, 6.45) is 1.36. The van der Waals surface area contributed by atoms with E-state index in [1.807, 2.05) is 42.5 Å². The quantitative estimate of drug-likeness (QED) is 0.412. The van der Waals surface area contributed by atoms with Crippen LogP contribution in [0.2, 0.25) is 0 Å². The molecule has 2 rings (SSSR count). The Labute approximate surface area is 107 Å². The Bertz CT molecular complexity index is 494. The van der Waals surface area contributed by atoms with Crippen molar-refractivity contribution in [1.29, 1.82) is 5.41 Å². The molecule has 0 spiro atoms. The number of rotatable bonds is 6. The Morgan fingerprint density at radius 2 is 1.67 bits per heavy atom. The van der Waals surface area contributed by atoms with Crippen LogP contribution >= 0.6 is 0 Å². The predicted molar refractivity (Wildman–Crippen MR) is 76.1 cm³/mol.